The topological polar surface area (TPSA) is 20.3 Å². The van der Waals surface area contributed by atoms with Crippen molar-refractivity contribution >= 4 is 22.9 Å². The van der Waals surface area contributed by atoms with E-state index in [0.717, 1.165) is 17.7 Å². The lowest BCUT2D eigenvalue weighted by molar-refractivity contribution is -0.122. The molecule has 1 unspecified atom stereocenters. The standard InChI is InChI=1S/C16H17NOS/c1-4-16(2)12-10-11(14-6-5-9-19-14)7-8-13(12)17(3)15(16)18/h5-10H,4H2,1-3H3. The molecular formula is C16H17NOS. The molecule has 0 fully saturated rings. The number of likely N-dealkylation sites (N-methyl/N-ethyl adjacent to an activating group) is 1. The van der Waals surface area contributed by atoms with Crippen molar-refractivity contribution < 1.29 is 4.79 Å². The van der Waals surface area contributed by atoms with Gasteiger partial charge in [0.25, 0.3) is 0 Å². The molecule has 0 saturated heterocycles. The predicted molar refractivity (Wildman–Crippen MR) is 80.8 cm³/mol. The minimum absolute atomic E-state index is 0.202. The van der Waals surface area contributed by atoms with Crippen LogP contribution in [0.1, 0.15) is 25.8 Å². The van der Waals surface area contributed by atoms with Crippen molar-refractivity contribution in [3.05, 3.63) is 41.3 Å². The molecule has 2 aromatic rings. The molecule has 2 heterocycles. The summed E-state index contributed by atoms with van der Waals surface area (Å²) < 4.78 is 0. The van der Waals surface area contributed by atoms with Gasteiger partial charge in [0.1, 0.15) is 0 Å². The Balaban J connectivity index is 2.18. The lowest BCUT2D eigenvalue weighted by Gasteiger charge is -2.21. The number of anilines is 1. The summed E-state index contributed by atoms with van der Waals surface area (Å²) in [5.74, 6) is 0.202. The maximum Gasteiger partial charge on any atom is 0.237 e. The van der Waals surface area contributed by atoms with Crippen molar-refractivity contribution in [1.82, 2.24) is 0 Å². The second-order valence-electron chi connectivity index (χ2n) is 5.26. The van der Waals surface area contributed by atoms with E-state index in [1.165, 1.54) is 10.4 Å². The highest BCUT2D eigenvalue weighted by atomic mass is 32.1. The molecule has 1 aromatic heterocycles. The number of nitrogens with zero attached hydrogens (tertiary/aromatic N) is 1. The Kier molecular flexibility index (Phi) is 2.75. The van der Waals surface area contributed by atoms with E-state index in [-0.39, 0.29) is 11.3 Å². The van der Waals surface area contributed by atoms with Gasteiger partial charge >= 0.3 is 0 Å². The molecule has 0 N–H and O–H groups in total. The molecule has 0 aliphatic carbocycles. The molecular weight excluding hydrogens is 254 g/mol. The average molecular weight is 271 g/mol. The molecule has 1 aliphatic rings. The minimum Gasteiger partial charge on any atom is -0.314 e. The minimum atomic E-state index is -0.378. The van der Waals surface area contributed by atoms with Crippen LogP contribution in [0.3, 0.4) is 0 Å². The molecule has 98 valence electrons. The number of fused-ring (bicyclic) bond motifs is 1. The monoisotopic (exact) mass is 271 g/mol. The maximum atomic E-state index is 12.4. The normalized spacial score (nSPS) is 21.8. The van der Waals surface area contributed by atoms with Crippen LogP contribution < -0.4 is 4.90 Å². The molecule has 1 aromatic carbocycles. The SMILES string of the molecule is CCC1(C)C(=O)N(C)c2ccc(-c3cccs3)cc21. The lowest BCUT2D eigenvalue weighted by Crippen LogP contribution is -2.35. The van der Waals surface area contributed by atoms with Crippen LogP contribution in [0.15, 0.2) is 35.7 Å². The van der Waals surface area contributed by atoms with Gasteiger partial charge in [-0.3, -0.25) is 4.79 Å². The smallest absolute Gasteiger partial charge is 0.237 e. The highest BCUT2D eigenvalue weighted by Crippen LogP contribution is 2.44. The van der Waals surface area contributed by atoms with Gasteiger partial charge in [-0.2, -0.15) is 0 Å². The molecule has 2 nitrogen and oxygen atoms in total. The summed E-state index contributed by atoms with van der Waals surface area (Å²) in [5.41, 5.74) is 3.04. The van der Waals surface area contributed by atoms with Gasteiger partial charge in [0.2, 0.25) is 5.91 Å². The van der Waals surface area contributed by atoms with E-state index in [9.17, 15) is 4.79 Å². The van der Waals surface area contributed by atoms with E-state index in [1.54, 1.807) is 16.2 Å². The largest absolute Gasteiger partial charge is 0.314 e. The van der Waals surface area contributed by atoms with Crippen molar-refractivity contribution in [1.29, 1.82) is 0 Å². The number of carbonyl (C=O) groups is 1. The molecule has 3 rings (SSSR count). The third-order valence-electron chi connectivity index (χ3n) is 4.24. The van der Waals surface area contributed by atoms with Crippen LogP contribution in [0.5, 0.6) is 0 Å². The summed E-state index contributed by atoms with van der Waals surface area (Å²) in [7, 11) is 1.87. The second kappa shape index (κ2) is 4.20. The molecule has 3 heteroatoms. The van der Waals surface area contributed by atoms with Crippen molar-refractivity contribution in [3.8, 4) is 10.4 Å². The van der Waals surface area contributed by atoms with Crippen LogP contribution in [0.2, 0.25) is 0 Å². The maximum absolute atomic E-state index is 12.4. The first-order chi connectivity index (χ1) is 9.08. The van der Waals surface area contributed by atoms with E-state index in [0.29, 0.717) is 0 Å². The molecule has 0 bridgehead atoms. The fourth-order valence-corrected chi connectivity index (χ4v) is 3.53. The van der Waals surface area contributed by atoms with E-state index in [2.05, 4.69) is 49.6 Å². The number of amides is 1. The quantitative estimate of drug-likeness (QED) is 0.806. The Labute approximate surface area is 117 Å². The van der Waals surface area contributed by atoms with E-state index in [1.807, 2.05) is 7.05 Å². The van der Waals surface area contributed by atoms with Gasteiger partial charge in [-0.1, -0.05) is 19.1 Å². The zero-order valence-electron chi connectivity index (χ0n) is 11.4. The number of rotatable bonds is 2. The van der Waals surface area contributed by atoms with E-state index in [4.69, 9.17) is 0 Å². The molecule has 1 amide bonds. The third-order valence-corrected chi connectivity index (χ3v) is 5.16. The summed E-state index contributed by atoms with van der Waals surface area (Å²) in [4.78, 5) is 15.5. The van der Waals surface area contributed by atoms with Gasteiger partial charge in [0.15, 0.2) is 0 Å². The van der Waals surface area contributed by atoms with Crippen molar-refractivity contribution in [2.24, 2.45) is 0 Å². The molecule has 0 saturated carbocycles. The first kappa shape index (κ1) is 12.4. The third kappa shape index (κ3) is 1.65. The van der Waals surface area contributed by atoms with E-state index < -0.39 is 0 Å². The Hall–Kier alpha value is -1.61. The number of thiophene rings is 1. The van der Waals surface area contributed by atoms with Crippen molar-refractivity contribution in [2.45, 2.75) is 25.7 Å². The van der Waals surface area contributed by atoms with Gasteiger partial charge in [0.05, 0.1) is 5.41 Å². The zero-order valence-corrected chi connectivity index (χ0v) is 12.3. The summed E-state index contributed by atoms with van der Waals surface area (Å²) >= 11 is 1.73. The van der Waals surface area contributed by atoms with Crippen molar-refractivity contribution in [3.63, 3.8) is 0 Å². The van der Waals surface area contributed by atoms with Crippen molar-refractivity contribution in [2.75, 3.05) is 11.9 Å². The number of benzene rings is 1. The molecule has 0 radical (unpaired) electrons. The van der Waals surface area contributed by atoms with Crippen LogP contribution in [-0.2, 0) is 10.2 Å². The Morgan fingerprint density at radius 3 is 2.74 bits per heavy atom. The van der Waals surface area contributed by atoms with Crippen LogP contribution in [0, 0.1) is 0 Å². The van der Waals surface area contributed by atoms with Crippen LogP contribution in [0.4, 0.5) is 5.69 Å². The summed E-state index contributed by atoms with van der Waals surface area (Å²) in [5, 5.41) is 2.08. The van der Waals surface area contributed by atoms with Crippen LogP contribution in [-0.4, -0.2) is 13.0 Å². The molecule has 0 spiro atoms. The number of carbonyl (C=O) groups excluding carboxylic acids is 1. The Morgan fingerprint density at radius 1 is 1.32 bits per heavy atom. The predicted octanol–water partition coefficient (Wildman–Crippen LogP) is 4.06. The summed E-state index contributed by atoms with van der Waals surface area (Å²) in [6, 6.07) is 10.5. The zero-order chi connectivity index (χ0) is 13.6. The number of hydrogen-bond acceptors (Lipinski definition) is 2. The first-order valence-electron chi connectivity index (χ1n) is 6.54. The molecule has 1 aliphatic heterocycles. The summed E-state index contributed by atoms with van der Waals surface area (Å²) in [6.07, 6.45) is 0.830. The first-order valence-corrected chi connectivity index (χ1v) is 7.42. The lowest BCUT2D eigenvalue weighted by atomic mass is 9.81. The highest BCUT2D eigenvalue weighted by molar-refractivity contribution is 7.13. The molecule has 1 atom stereocenters. The average Bonchev–Trinajstić information content (AvgIpc) is 3.03. The molecule has 19 heavy (non-hydrogen) atoms. The Morgan fingerprint density at radius 2 is 2.11 bits per heavy atom. The van der Waals surface area contributed by atoms with Gasteiger partial charge in [-0.15, -0.1) is 11.3 Å². The van der Waals surface area contributed by atoms with Crippen LogP contribution >= 0.6 is 11.3 Å². The van der Waals surface area contributed by atoms with Gasteiger partial charge in [-0.05, 0) is 48.1 Å². The highest BCUT2D eigenvalue weighted by Gasteiger charge is 2.44. The van der Waals surface area contributed by atoms with Gasteiger partial charge in [0, 0.05) is 17.6 Å². The van der Waals surface area contributed by atoms with E-state index >= 15 is 0 Å². The Bertz CT molecular complexity index is 632. The van der Waals surface area contributed by atoms with Crippen LogP contribution in [0.25, 0.3) is 10.4 Å². The second-order valence-corrected chi connectivity index (χ2v) is 6.21. The number of hydrogen-bond donors (Lipinski definition) is 0. The fraction of sp³-hybridized carbons (Fsp3) is 0.312. The fourth-order valence-electron chi connectivity index (χ4n) is 2.80. The van der Waals surface area contributed by atoms with Gasteiger partial charge < -0.3 is 4.90 Å². The summed E-state index contributed by atoms with van der Waals surface area (Å²) in [6.45, 7) is 4.13. The van der Waals surface area contributed by atoms with Gasteiger partial charge in [-0.25, -0.2) is 0 Å².